The Morgan fingerprint density at radius 1 is 1.53 bits per heavy atom. The lowest BCUT2D eigenvalue weighted by Gasteiger charge is -2.11. The highest BCUT2D eigenvalue weighted by molar-refractivity contribution is 6.31. The Balaban J connectivity index is 2.59. The minimum Gasteiger partial charge on any atom is -0.618 e. The van der Waals surface area contributed by atoms with Crippen molar-refractivity contribution in [3.63, 3.8) is 0 Å². The van der Waals surface area contributed by atoms with E-state index in [1.807, 2.05) is 0 Å². The average Bonchev–Trinajstić information content (AvgIpc) is 2.30. The van der Waals surface area contributed by atoms with Gasteiger partial charge in [-0.05, 0) is 19.1 Å². The van der Waals surface area contributed by atoms with Gasteiger partial charge in [-0.1, -0.05) is 11.6 Å². The van der Waals surface area contributed by atoms with Crippen LogP contribution < -0.4 is 9.74 Å². The highest BCUT2D eigenvalue weighted by Crippen LogP contribution is 2.17. The van der Waals surface area contributed by atoms with Gasteiger partial charge in [0, 0.05) is 24.4 Å². The summed E-state index contributed by atoms with van der Waals surface area (Å²) in [7, 11) is 1.73. The molecule has 0 saturated carbocycles. The molecule has 17 heavy (non-hydrogen) atoms. The highest BCUT2D eigenvalue weighted by Gasteiger charge is 2.11. The van der Waals surface area contributed by atoms with Gasteiger partial charge < -0.3 is 5.21 Å². The van der Waals surface area contributed by atoms with Crippen LogP contribution in [0.5, 0.6) is 0 Å². The highest BCUT2D eigenvalue weighted by atomic mass is 35.5. The van der Waals surface area contributed by atoms with E-state index in [0.717, 1.165) is 4.73 Å². The number of hydrogen-bond acceptors (Lipinski definition) is 4. The minimum atomic E-state index is 0.440. The molecule has 0 spiro atoms. The summed E-state index contributed by atoms with van der Waals surface area (Å²) in [6, 6.07) is 4.99. The van der Waals surface area contributed by atoms with E-state index < -0.39 is 0 Å². The summed E-state index contributed by atoms with van der Waals surface area (Å²) in [6.45, 7) is 1.79. The molecule has 0 aliphatic carbocycles. The fourth-order valence-corrected chi connectivity index (χ4v) is 1.65. The van der Waals surface area contributed by atoms with Gasteiger partial charge in [-0.25, -0.2) is 9.99 Å². The fourth-order valence-electron chi connectivity index (χ4n) is 1.48. The van der Waals surface area contributed by atoms with Crippen molar-refractivity contribution < 1.29 is 4.73 Å². The Bertz CT molecular complexity index is 585. The first-order chi connectivity index (χ1) is 8.11. The second-order valence-electron chi connectivity index (χ2n) is 3.46. The second-order valence-corrected chi connectivity index (χ2v) is 3.89. The number of anilines is 1. The number of fused-ring (bicyclic) bond motifs is 1. The molecule has 0 unspecified atom stereocenters. The van der Waals surface area contributed by atoms with Gasteiger partial charge in [-0.15, -0.1) is 0 Å². The molecule has 0 bridgehead atoms. The van der Waals surface area contributed by atoms with E-state index in [-0.39, 0.29) is 0 Å². The van der Waals surface area contributed by atoms with Gasteiger partial charge in [0.05, 0.1) is 0 Å². The van der Waals surface area contributed by atoms with E-state index in [2.05, 4.69) is 10.1 Å². The van der Waals surface area contributed by atoms with Crippen LogP contribution in [0.3, 0.4) is 0 Å². The first kappa shape index (κ1) is 11.6. The first-order valence-electron chi connectivity index (χ1n) is 5.03. The van der Waals surface area contributed by atoms with Crippen molar-refractivity contribution in [2.75, 3.05) is 12.1 Å². The second kappa shape index (κ2) is 4.55. The average molecular weight is 251 g/mol. The Morgan fingerprint density at radius 3 is 3.00 bits per heavy atom. The maximum absolute atomic E-state index is 11.8. The molecular weight excluding hydrogens is 240 g/mol. The van der Waals surface area contributed by atoms with Crippen LogP contribution in [0.15, 0.2) is 29.5 Å². The SMILES string of the molecule is C/C=N/N(C)c1c[n+]([O-])c2cc(Cl)ccc2n1. The van der Waals surface area contributed by atoms with Gasteiger partial charge in [0.15, 0.2) is 0 Å². The molecule has 0 fully saturated rings. The first-order valence-corrected chi connectivity index (χ1v) is 5.41. The van der Waals surface area contributed by atoms with Crippen molar-refractivity contribution in [1.82, 2.24) is 4.98 Å². The van der Waals surface area contributed by atoms with Crippen molar-refractivity contribution in [1.29, 1.82) is 0 Å². The molecule has 2 aromatic rings. The zero-order valence-electron chi connectivity index (χ0n) is 9.46. The lowest BCUT2D eigenvalue weighted by molar-refractivity contribution is -0.576. The van der Waals surface area contributed by atoms with E-state index >= 15 is 0 Å². The van der Waals surface area contributed by atoms with Crippen LogP contribution in [0.1, 0.15) is 6.92 Å². The monoisotopic (exact) mass is 250 g/mol. The van der Waals surface area contributed by atoms with E-state index in [1.165, 1.54) is 11.2 Å². The molecule has 0 N–H and O–H groups in total. The Morgan fingerprint density at radius 2 is 2.29 bits per heavy atom. The Kier molecular flexibility index (Phi) is 3.10. The lowest BCUT2D eigenvalue weighted by Crippen LogP contribution is -2.29. The zero-order valence-corrected chi connectivity index (χ0v) is 10.2. The number of benzene rings is 1. The van der Waals surface area contributed by atoms with Gasteiger partial charge in [-0.3, -0.25) is 0 Å². The van der Waals surface area contributed by atoms with Crippen LogP contribution in [0.4, 0.5) is 5.82 Å². The molecule has 88 valence electrons. The number of rotatable bonds is 2. The van der Waals surface area contributed by atoms with E-state index in [1.54, 1.807) is 38.4 Å². The Labute approximate surface area is 104 Å². The van der Waals surface area contributed by atoms with Crippen LogP contribution in [0, 0.1) is 5.21 Å². The predicted molar refractivity (Wildman–Crippen MR) is 68.3 cm³/mol. The van der Waals surface area contributed by atoms with E-state index in [4.69, 9.17) is 11.6 Å². The third-order valence-corrected chi connectivity index (χ3v) is 2.50. The van der Waals surface area contributed by atoms with Gasteiger partial charge in [0.25, 0.3) is 0 Å². The van der Waals surface area contributed by atoms with Crippen molar-refractivity contribution >= 4 is 34.7 Å². The summed E-state index contributed by atoms with van der Waals surface area (Å²) in [4.78, 5) is 4.33. The molecular formula is C11H11ClN4O. The van der Waals surface area contributed by atoms with Crippen LogP contribution in [-0.2, 0) is 0 Å². The van der Waals surface area contributed by atoms with Gasteiger partial charge in [0.1, 0.15) is 5.52 Å². The number of nitrogens with zero attached hydrogens (tertiary/aromatic N) is 4. The van der Waals surface area contributed by atoms with Crippen molar-refractivity contribution in [3.8, 4) is 0 Å². The third kappa shape index (κ3) is 2.29. The summed E-state index contributed by atoms with van der Waals surface area (Å²) in [5, 5.41) is 17.9. The predicted octanol–water partition coefficient (Wildman–Crippen LogP) is 1.96. The molecule has 0 amide bonds. The molecule has 1 aromatic heterocycles. The van der Waals surface area contributed by atoms with Crippen LogP contribution in [0.25, 0.3) is 11.0 Å². The maximum Gasteiger partial charge on any atom is 0.244 e. The maximum atomic E-state index is 11.8. The fraction of sp³-hybridized carbons (Fsp3) is 0.182. The van der Waals surface area contributed by atoms with Crippen LogP contribution >= 0.6 is 11.6 Å². The van der Waals surface area contributed by atoms with E-state index in [9.17, 15) is 5.21 Å². The molecule has 0 atom stereocenters. The summed E-state index contributed by atoms with van der Waals surface area (Å²) in [5.74, 6) is 0.480. The third-order valence-electron chi connectivity index (χ3n) is 2.26. The number of aromatic nitrogens is 2. The molecule has 1 aromatic carbocycles. The Hall–Kier alpha value is -1.88. The minimum absolute atomic E-state index is 0.440. The number of hydrogen-bond donors (Lipinski definition) is 0. The van der Waals surface area contributed by atoms with Gasteiger partial charge in [-0.2, -0.15) is 9.83 Å². The standard InChI is InChI=1S/C11H11ClN4O/c1-3-13-15(2)11-7-16(17)10-6-8(12)4-5-9(10)14-11/h3-7H,1-2H3/b13-3+. The quantitative estimate of drug-likeness (QED) is 0.354. The molecule has 0 aliphatic rings. The molecule has 5 nitrogen and oxygen atoms in total. The molecule has 2 rings (SSSR count). The lowest BCUT2D eigenvalue weighted by atomic mass is 10.3. The molecule has 1 heterocycles. The van der Waals surface area contributed by atoms with Gasteiger partial charge in [0.2, 0.25) is 17.5 Å². The van der Waals surface area contributed by atoms with Crippen LogP contribution in [0.2, 0.25) is 5.02 Å². The normalized spacial score (nSPS) is 11.2. The van der Waals surface area contributed by atoms with Crippen molar-refractivity contribution in [2.24, 2.45) is 5.10 Å². The molecule has 6 heteroatoms. The molecule has 0 radical (unpaired) electrons. The molecule has 0 aliphatic heterocycles. The van der Waals surface area contributed by atoms with Gasteiger partial charge >= 0.3 is 0 Å². The summed E-state index contributed by atoms with van der Waals surface area (Å²) in [5.41, 5.74) is 1.02. The molecule has 0 saturated heterocycles. The smallest absolute Gasteiger partial charge is 0.244 e. The van der Waals surface area contributed by atoms with Crippen molar-refractivity contribution in [3.05, 3.63) is 34.6 Å². The zero-order chi connectivity index (χ0) is 12.4. The summed E-state index contributed by atoms with van der Waals surface area (Å²) >= 11 is 5.83. The number of hydrazone groups is 1. The topological polar surface area (TPSA) is 55.4 Å². The number of halogens is 1. The largest absolute Gasteiger partial charge is 0.618 e. The summed E-state index contributed by atoms with van der Waals surface area (Å²) < 4.78 is 0.741. The summed E-state index contributed by atoms with van der Waals surface area (Å²) in [6.07, 6.45) is 2.99. The van der Waals surface area contributed by atoms with Crippen molar-refractivity contribution in [2.45, 2.75) is 6.92 Å². The van der Waals surface area contributed by atoms with Crippen LogP contribution in [-0.4, -0.2) is 18.2 Å². The van der Waals surface area contributed by atoms with E-state index in [0.29, 0.717) is 21.9 Å².